The first-order valence-corrected chi connectivity index (χ1v) is 5.66. The van der Waals surface area contributed by atoms with E-state index in [4.69, 9.17) is 21.1 Å². The van der Waals surface area contributed by atoms with Crippen LogP contribution >= 0.6 is 11.6 Å². The van der Waals surface area contributed by atoms with Crippen LogP contribution in [0, 0.1) is 6.92 Å². The van der Waals surface area contributed by atoms with Gasteiger partial charge in [-0.25, -0.2) is 0 Å². The highest BCUT2D eigenvalue weighted by molar-refractivity contribution is 6.30. The average molecular weight is 258 g/mol. The lowest BCUT2D eigenvalue weighted by Gasteiger charge is -2.09. The molecule has 1 aromatic rings. The van der Waals surface area contributed by atoms with Gasteiger partial charge < -0.3 is 14.8 Å². The molecule has 5 heteroatoms. The number of benzene rings is 1. The predicted molar refractivity (Wildman–Crippen MR) is 66.6 cm³/mol. The summed E-state index contributed by atoms with van der Waals surface area (Å²) in [5.41, 5.74) is 0.905. The second kappa shape index (κ2) is 7.14. The molecule has 0 saturated carbocycles. The summed E-state index contributed by atoms with van der Waals surface area (Å²) in [4.78, 5) is 11.4. The van der Waals surface area contributed by atoms with E-state index in [1.165, 1.54) is 0 Å². The Balaban J connectivity index is 2.37. The molecule has 0 unspecified atom stereocenters. The van der Waals surface area contributed by atoms with Crippen LogP contribution in [-0.4, -0.2) is 32.8 Å². The van der Waals surface area contributed by atoms with E-state index >= 15 is 0 Å². The largest absolute Gasteiger partial charge is 0.484 e. The van der Waals surface area contributed by atoms with Crippen LogP contribution in [0.25, 0.3) is 0 Å². The van der Waals surface area contributed by atoms with Crippen molar-refractivity contribution in [3.05, 3.63) is 28.8 Å². The van der Waals surface area contributed by atoms with Crippen molar-refractivity contribution in [2.45, 2.75) is 6.92 Å². The van der Waals surface area contributed by atoms with Gasteiger partial charge in [0.2, 0.25) is 0 Å². The van der Waals surface area contributed by atoms with Gasteiger partial charge in [0.05, 0.1) is 6.61 Å². The van der Waals surface area contributed by atoms with Crippen LogP contribution in [0.4, 0.5) is 0 Å². The Kier molecular flexibility index (Phi) is 5.80. The molecule has 0 aliphatic rings. The summed E-state index contributed by atoms with van der Waals surface area (Å²) < 4.78 is 10.2. The first-order valence-electron chi connectivity index (χ1n) is 5.28. The Morgan fingerprint density at radius 1 is 1.47 bits per heavy atom. The summed E-state index contributed by atoms with van der Waals surface area (Å²) in [7, 11) is 1.58. The van der Waals surface area contributed by atoms with Crippen LogP contribution < -0.4 is 10.1 Å². The SMILES string of the molecule is COCCNC(=O)COc1ccc(Cl)cc1C. The minimum absolute atomic E-state index is 0.00775. The van der Waals surface area contributed by atoms with E-state index < -0.39 is 0 Å². The molecular formula is C12H16ClNO3. The molecule has 0 atom stereocenters. The van der Waals surface area contributed by atoms with Gasteiger partial charge in [-0.3, -0.25) is 4.79 Å². The first kappa shape index (κ1) is 13.8. The zero-order valence-corrected chi connectivity index (χ0v) is 10.7. The van der Waals surface area contributed by atoms with Gasteiger partial charge in [0.1, 0.15) is 5.75 Å². The van der Waals surface area contributed by atoms with Crippen LogP contribution in [0.5, 0.6) is 5.75 Å². The molecule has 0 spiro atoms. The van der Waals surface area contributed by atoms with Crippen molar-refractivity contribution < 1.29 is 14.3 Å². The molecule has 0 aliphatic heterocycles. The zero-order chi connectivity index (χ0) is 12.7. The molecule has 0 fully saturated rings. The number of halogens is 1. The summed E-state index contributed by atoms with van der Waals surface area (Å²) in [5, 5.41) is 3.32. The van der Waals surface area contributed by atoms with Crippen molar-refractivity contribution in [1.82, 2.24) is 5.32 Å². The minimum Gasteiger partial charge on any atom is -0.484 e. The molecule has 0 radical (unpaired) electrons. The maximum absolute atomic E-state index is 11.4. The molecule has 1 aromatic carbocycles. The highest BCUT2D eigenvalue weighted by Crippen LogP contribution is 2.21. The Labute approximate surface area is 106 Å². The molecule has 17 heavy (non-hydrogen) atoms. The van der Waals surface area contributed by atoms with Crippen LogP contribution in [-0.2, 0) is 9.53 Å². The third-order valence-corrected chi connectivity index (χ3v) is 2.36. The second-order valence-corrected chi connectivity index (χ2v) is 3.98. The fraction of sp³-hybridized carbons (Fsp3) is 0.417. The lowest BCUT2D eigenvalue weighted by molar-refractivity contribution is -0.123. The zero-order valence-electron chi connectivity index (χ0n) is 9.96. The number of amides is 1. The minimum atomic E-state index is -0.170. The van der Waals surface area contributed by atoms with Gasteiger partial charge >= 0.3 is 0 Å². The van der Waals surface area contributed by atoms with Crippen LogP contribution in [0.3, 0.4) is 0 Å². The third-order valence-electron chi connectivity index (χ3n) is 2.12. The average Bonchev–Trinajstić information content (AvgIpc) is 2.28. The highest BCUT2D eigenvalue weighted by atomic mass is 35.5. The molecule has 4 nitrogen and oxygen atoms in total. The first-order chi connectivity index (χ1) is 8.13. The summed E-state index contributed by atoms with van der Waals surface area (Å²) in [6.45, 7) is 2.85. The Morgan fingerprint density at radius 3 is 2.88 bits per heavy atom. The fourth-order valence-corrected chi connectivity index (χ4v) is 1.49. The second-order valence-electron chi connectivity index (χ2n) is 3.54. The van der Waals surface area contributed by atoms with Gasteiger partial charge in [0, 0.05) is 18.7 Å². The third kappa shape index (κ3) is 5.06. The summed E-state index contributed by atoms with van der Waals surface area (Å²) in [5.74, 6) is 0.493. The van der Waals surface area contributed by atoms with E-state index in [-0.39, 0.29) is 12.5 Å². The molecule has 0 aromatic heterocycles. The molecule has 1 N–H and O–H groups in total. The summed E-state index contributed by atoms with van der Waals surface area (Å²) >= 11 is 5.82. The van der Waals surface area contributed by atoms with Crippen molar-refractivity contribution in [1.29, 1.82) is 0 Å². The number of ether oxygens (including phenoxy) is 2. The normalized spacial score (nSPS) is 10.1. The topological polar surface area (TPSA) is 47.6 Å². The van der Waals surface area contributed by atoms with Gasteiger partial charge in [-0.2, -0.15) is 0 Å². The monoisotopic (exact) mass is 257 g/mol. The number of hydrogen-bond acceptors (Lipinski definition) is 3. The summed E-state index contributed by atoms with van der Waals surface area (Å²) in [6, 6.07) is 5.27. The molecule has 0 heterocycles. The molecule has 0 bridgehead atoms. The maximum atomic E-state index is 11.4. The van der Waals surface area contributed by atoms with Gasteiger partial charge in [-0.05, 0) is 30.7 Å². The molecule has 1 rings (SSSR count). The molecule has 1 amide bonds. The molecule has 0 saturated heterocycles. The van der Waals surface area contributed by atoms with Crippen molar-refractivity contribution in [2.75, 3.05) is 26.9 Å². The summed E-state index contributed by atoms with van der Waals surface area (Å²) in [6.07, 6.45) is 0. The van der Waals surface area contributed by atoms with E-state index in [1.807, 2.05) is 6.92 Å². The number of aryl methyl sites for hydroxylation is 1. The number of methoxy groups -OCH3 is 1. The van der Waals surface area contributed by atoms with Gasteiger partial charge in [-0.1, -0.05) is 11.6 Å². The van der Waals surface area contributed by atoms with Gasteiger partial charge in [-0.15, -0.1) is 0 Å². The quantitative estimate of drug-likeness (QED) is 0.791. The van der Waals surface area contributed by atoms with Crippen molar-refractivity contribution in [3.8, 4) is 5.75 Å². The fourth-order valence-electron chi connectivity index (χ4n) is 1.26. The maximum Gasteiger partial charge on any atom is 0.258 e. The van der Waals surface area contributed by atoms with E-state index in [2.05, 4.69) is 5.32 Å². The van der Waals surface area contributed by atoms with Crippen molar-refractivity contribution in [2.24, 2.45) is 0 Å². The number of carbonyl (C=O) groups is 1. The smallest absolute Gasteiger partial charge is 0.258 e. The van der Waals surface area contributed by atoms with E-state index in [1.54, 1.807) is 25.3 Å². The lowest BCUT2D eigenvalue weighted by Crippen LogP contribution is -2.31. The molecule has 0 aliphatic carbocycles. The van der Waals surface area contributed by atoms with Crippen LogP contribution in [0.15, 0.2) is 18.2 Å². The molecular weight excluding hydrogens is 242 g/mol. The number of carbonyl (C=O) groups excluding carboxylic acids is 1. The van der Waals surface area contributed by atoms with Crippen LogP contribution in [0.1, 0.15) is 5.56 Å². The molecule has 94 valence electrons. The van der Waals surface area contributed by atoms with Crippen molar-refractivity contribution in [3.63, 3.8) is 0 Å². The Bertz CT molecular complexity index is 382. The van der Waals surface area contributed by atoms with Gasteiger partial charge in [0.15, 0.2) is 6.61 Å². The Hall–Kier alpha value is -1.26. The van der Waals surface area contributed by atoms with Crippen LogP contribution in [0.2, 0.25) is 5.02 Å². The van der Waals surface area contributed by atoms with E-state index in [0.717, 1.165) is 5.56 Å². The van der Waals surface area contributed by atoms with Crippen molar-refractivity contribution >= 4 is 17.5 Å². The number of rotatable bonds is 6. The van der Waals surface area contributed by atoms with E-state index in [9.17, 15) is 4.79 Å². The van der Waals surface area contributed by atoms with E-state index in [0.29, 0.717) is 23.9 Å². The lowest BCUT2D eigenvalue weighted by atomic mass is 10.2. The predicted octanol–water partition coefficient (Wildman–Crippen LogP) is 1.79. The number of nitrogens with one attached hydrogen (secondary N) is 1. The Morgan fingerprint density at radius 2 is 2.24 bits per heavy atom. The van der Waals surface area contributed by atoms with Gasteiger partial charge in [0.25, 0.3) is 5.91 Å². The number of hydrogen-bond donors (Lipinski definition) is 1. The standard InChI is InChI=1S/C12H16ClNO3/c1-9-7-10(13)3-4-11(9)17-8-12(15)14-5-6-16-2/h3-4,7H,5-6,8H2,1-2H3,(H,14,15). The highest BCUT2D eigenvalue weighted by Gasteiger charge is 2.04.